The van der Waals surface area contributed by atoms with E-state index in [9.17, 15) is 0 Å². The van der Waals surface area contributed by atoms with E-state index in [1.54, 1.807) is 0 Å². The molecule has 1 aliphatic heterocycles. The van der Waals surface area contributed by atoms with Gasteiger partial charge in [-0.1, -0.05) is 6.92 Å². The van der Waals surface area contributed by atoms with Crippen LogP contribution in [0.5, 0.6) is 5.75 Å². The number of nitrogen functional groups attached to an aromatic ring is 1. The molecule has 0 saturated carbocycles. The molecule has 1 aromatic carbocycles. The standard InChI is InChI=1S/C16H26N2O2/c1-12(2)20-15-10-13(4-5-14(15)17)18-11-16(3)6-8-19-9-7-16/h4-5,10,12,18H,6-9,11,17H2,1-3H3. The number of hydrogen-bond acceptors (Lipinski definition) is 4. The molecule has 0 radical (unpaired) electrons. The van der Waals surface area contributed by atoms with E-state index in [1.807, 2.05) is 32.0 Å². The lowest BCUT2D eigenvalue weighted by atomic mass is 9.82. The van der Waals surface area contributed by atoms with Gasteiger partial charge in [-0.05, 0) is 44.2 Å². The van der Waals surface area contributed by atoms with Crippen LogP contribution in [0.3, 0.4) is 0 Å². The summed E-state index contributed by atoms with van der Waals surface area (Å²) < 4.78 is 11.1. The highest BCUT2D eigenvalue weighted by molar-refractivity contribution is 5.61. The lowest BCUT2D eigenvalue weighted by Gasteiger charge is -2.34. The van der Waals surface area contributed by atoms with Crippen molar-refractivity contribution in [1.82, 2.24) is 0 Å². The molecule has 1 heterocycles. The number of nitrogens with two attached hydrogens (primary N) is 1. The fourth-order valence-corrected chi connectivity index (χ4v) is 2.36. The zero-order valence-electron chi connectivity index (χ0n) is 12.7. The van der Waals surface area contributed by atoms with Crippen molar-refractivity contribution < 1.29 is 9.47 Å². The van der Waals surface area contributed by atoms with Crippen molar-refractivity contribution in [2.45, 2.75) is 39.7 Å². The van der Waals surface area contributed by atoms with Gasteiger partial charge in [0.2, 0.25) is 0 Å². The summed E-state index contributed by atoms with van der Waals surface area (Å²) in [5.74, 6) is 0.752. The molecule has 4 nitrogen and oxygen atoms in total. The van der Waals surface area contributed by atoms with Crippen molar-refractivity contribution in [3.05, 3.63) is 18.2 Å². The molecule has 1 aliphatic rings. The van der Waals surface area contributed by atoms with Gasteiger partial charge in [0.1, 0.15) is 5.75 Å². The van der Waals surface area contributed by atoms with Gasteiger partial charge in [0, 0.05) is 31.5 Å². The Balaban J connectivity index is 1.98. The SMILES string of the molecule is CC(C)Oc1cc(NCC2(C)CCOCC2)ccc1N. The Morgan fingerprint density at radius 1 is 1.35 bits per heavy atom. The molecule has 1 aromatic rings. The normalized spacial score (nSPS) is 18.0. The first-order valence-electron chi connectivity index (χ1n) is 7.36. The second-order valence-corrected chi connectivity index (χ2v) is 6.20. The number of benzene rings is 1. The molecule has 0 unspecified atom stereocenters. The Morgan fingerprint density at radius 2 is 2.05 bits per heavy atom. The molecule has 0 bridgehead atoms. The summed E-state index contributed by atoms with van der Waals surface area (Å²) in [7, 11) is 0. The highest BCUT2D eigenvalue weighted by Gasteiger charge is 2.27. The van der Waals surface area contributed by atoms with Crippen LogP contribution in [0.25, 0.3) is 0 Å². The Hall–Kier alpha value is -1.42. The second-order valence-electron chi connectivity index (χ2n) is 6.20. The molecule has 1 fully saturated rings. The molecule has 112 valence electrons. The molecule has 20 heavy (non-hydrogen) atoms. The van der Waals surface area contributed by atoms with Crippen LogP contribution < -0.4 is 15.8 Å². The molecule has 4 heteroatoms. The van der Waals surface area contributed by atoms with Crippen LogP contribution in [0.2, 0.25) is 0 Å². The topological polar surface area (TPSA) is 56.5 Å². The molecular weight excluding hydrogens is 252 g/mol. The molecule has 0 atom stereocenters. The second kappa shape index (κ2) is 6.35. The lowest BCUT2D eigenvalue weighted by Crippen LogP contribution is -2.33. The molecule has 0 spiro atoms. The van der Waals surface area contributed by atoms with Gasteiger partial charge < -0.3 is 20.5 Å². The number of hydrogen-bond donors (Lipinski definition) is 2. The van der Waals surface area contributed by atoms with Gasteiger partial charge in [-0.3, -0.25) is 0 Å². The summed E-state index contributed by atoms with van der Waals surface area (Å²) in [6, 6.07) is 5.88. The monoisotopic (exact) mass is 278 g/mol. The molecular formula is C16H26N2O2. The minimum absolute atomic E-state index is 0.126. The van der Waals surface area contributed by atoms with Gasteiger partial charge in [-0.25, -0.2) is 0 Å². The van der Waals surface area contributed by atoms with E-state index < -0.39 is 0 Å². The third kappa shape index (κ3) is 4.04. The fraction of sp³-hybridized carbons (Fsp3) is 0.625. The van der Waals surface area contributed by atoms with Crippen LogP contribution >= 0.6 is 0 Å². The van der Waals surface area contributed by atoms with Crippen molar-refractivity contribution in [3.63, 3.8) is 0 Å². The van der Waals surface area contributed by atoms with Crippen LogP contribution in [-0.4, -0.2) is 25.9 Å². The minimum Gasteiger partial charge on any atom is -0.489 e. The van der Waals surface area contributed by atoms with Crippen molar-refractivity contribution >= 4 is 11.4 Å². The summed E-state index contributed by atoms with van der Waals surface area (Å²) >= 11 is 0. The number of rotatable bonds is 5. The van der Waals surface area contributed by atoms with E-state index >= 15 is 0 Å². The van der Waals surface area contributed by atoms with Crippen LogP contribution in [0.15, 0.2) is 18.2 Å². The Kier molecular flexibility index (Phi) is 4.76. The van der Waals surface area contributed by atoms with Crippen molar-refractivity contribution in [1.29, 1.82) is 0 Å². The maximum atomic E-state index is 5.93. The molecule has 0 amide bonds. The Bertz CT molecular complexity index is 440. The average molecular weight is 278 g/mol. The minimum atomic E-state index is 0.126. The van der Waals surface area contributed by atoms with Gasteiger partial charge in [0.15, 0.2) is 0 Å². The molecule has 1 saturated heterocycles. The highest BCUT2D eigenvalue weighted by atomic mass is 16.5. The lowest BCUT2D eigenvalue weighted by molar-refractivity contribution is 0.0300. The summed E-state index contributed by atoms with van der Waals surface area (Å²) in [5, 5.41) is 3.50. The van der Waals surface area contributed by atoms with E-state index in [4.69, 9.17) is 15.2 Å². The molecule has 0 aliphatic carbocycles. The zero-order valence-corrected chi connectivity index (χ0v) is 12.7. The zero-order chi connectivity index (χ0) is 14.6. The molecule has 3 N–H and O–H groups in total. The maximum absolute atomic E-state index is 5.93. The third-order valence-corrected chi connectivity index (χ3v) is 3.80. The van der Waals surface area contributed by atoms with Crippen molar-refractivity contribution in [3.8, 4) is 5.75 Å². The molecule has 2 rings (SSSR count). The quantitative estimate of drug-likeness (QED) is 0.812. The summed E-state index contributed by atoms with van der Waals surface area (Å²) in [6.45, 7) is 8.99. The number of nitrogens with one attached hydrogen (secondary N) is 1. The van der Waals surface area contributed by atoms with E-state index in [1.165, 1.54) is 0 Å². The van der Waals surface area contributed by atoms with Gasteiger partial charge >= 0.3 is 0 Å². The predicted octanol–water partition coefficient (Wildman–Crippen LogP) is 3.28. The van der Waals surface area contributed by atoms with Crippen molar-refractivity contribution in [2.75, 3.05) is 30.8 Å². The first-order valence-corrected chi connectivity index (χ1v) is 7.36. The largest absolute Gasteiger partial charge is 0.489 e. The summed E-state index contributed by atoms with van der Waals surface area (Å²) in [4.78, 5) is 0. The van der Waals surface area contributed by atoms with E-state index in [0.717, 1.165) is 44.0 Å². The number of ether oxygens (including phenoxy) is 2. The van der Waals surface area contributed by atoms with E-state index in [2.05, 4.69) is 12.2 Å². The fourth-order valence-electron chi connectivity index (χ4n) is 2.36. The van der Waals surface area contributed by atoms with Crippen LogP contribution in [0, 0.1) is 5.41 Å². The first-order chi connectivity index (χ1) is 9.48. The maximum Gasteiger partial charge on any atom is 0.144 e. The first kappa shape index (κ1) is 15.0. The van der Waals surface area contributed by atoms with Crippen LogP contribution in [-0.2, 0) is 4.74 Å². The van der Waals surface area contributed by atoms with E-state index in [0.29, 0.717) is 11.1 Å². The van der Waals surface area contributed by atoms with Crippen LogP contribution in [0.4, 0.5) is 11.4 Å². The Morgan fingerprint density at radius 3 is 2.70 bits per heavy atom. The predicted molar refractivity (Wildman–Crippen MR) is 83.3 cm³/mol. The average Bonchev–Trinajstić information content (AvgIpc) is 2.40. The van der Waals surface area contributed by atoms with Gasteiger partial charge in [0.25, 0.3) is 0 Å². The molecule has 0 aromatic heterocycles. The third-order valence-electron chi connectivity index (χ3n) is 3.80. The van der Waals surface area contributed by atoms with Crippen molar-refractivity contribution in [2.24, 2.45) is 5.41 Å². The summed E-state index contributed by atoms with van der Waals surface area (Å²) in [6.07, 6.45) is 2.33. The summed E-state index contributed by atoms with van der Waals surface area (Å²) in [5.41, 5.74) is 7.98. The highest BCUT2D eigenvalue weighted by Crippen LogP contribution is 2.31. The van der Waals surface area contributed by atoms with Crippen LogP contribution in [0.1, 0.15) is 33.6 Å². The van der Waals surface area contributed by atoms with Gasteiger partial charge in [-0.2, -0.15) is 0 Å². The van der Waals surface area contributed by atoms with E-state index in [-0.39, 0.29) is 6.10 Å². The van der Waals surface area contributed by atoms with Gasteiger partial charge in [-0.15, -0.1) is 0 Å². The van der Waals surface area contributed by atoms with Gasteiger partial charge in [0.05, 0.1) is 11.8 Å². The Labute approximate surface area is 121 Å². The smallest absolute Gasteiger partial charge is 0.144 e. The number of anilines is 2.